The van der Waals surface area contributed by atoms with Crippen molar-refractivity contribution in [3.8, 4) is 17.2 Å². The Hall–Kier alpha value is -3.55. The van der Waals surface area contributed by atoms with Crippen LogP contribution in [-0.4, -0.2) is 56.8 Å². The monoisotopic (exact) mass is 425 g/mol. The number of benzene rings is 2. The van der Waals surface area contributed by atoms with Gasteiger partial charge in [-0.05, 0) is 67.3 Å². The predicted molar refractivity (Wildman–Crippen MR) is 117 cm³/mol. The minimum atomic E-state index is -0.367. The molecule has 0 unspecified atom stereocenters. The molecule has 0 atom stereocenters. The summed E-state index contributed by atoms with van der Waals surface area (Å²) in [4.78, 5) is 26.3. The van der Waals surface area contributed by atoms with Gasteiger partial charge < -0.3 is 19.1 Å². The molecule has 0 saturated carbocycles. The number of hydrogen-bond donors (Lipinski definition) is 1. The number of hydrazone groups is 1. The van der Waals surface area contributed by atoms with Gasteiger partial charge in [-0.25, -0.2) is 5.43 Å². The van der Waals surface area contributed by atoms with E-state index in [2.05, 4.69) is 10.5 Å². The Morgan fingerprint density at radius 1 is 1.00 bits per heavy atom. The van der Waals surface area contributed by atoms with Crippen LogP contribution in [0.4, 0.5) is 0 Å². The van der Waals surface area contributed by atoms with Gasteiger partial charge in [0.1, 0.15) is 5.75 Å². The number of nitrogens with zero attached hydrogens (tertiary/aromatic N) is 2. The highest BCUT2D eigenvalue weighted by atomic mass is 16.5. The summed E-state index contributed by atoms with van der Waals surface area (Å²) in [6.45, 7) is 1.66. The van der Waals surface area contributed by atoms with Gasteiger partial charge in [-0.1, -0.05) is 0 Å². The Balaban J connectivity index is 1.49. The van der Waals surface area contributed by atoms with Gasteiger partial charge in [0.05, 0.1) is 20.4 Å². The van der Waals surface area contributed by atoms with E-state index in [0.717, 1.165) is 31.5 Å². The van der Waals surface area contributed by atoms with E-state index in [1.54, 1.807) is 42.5 Å². The summed E-state index contributed by atoms with van der Waals surface area (Å²) in [5.74, 6) is 1.27. The Labute approximate surface area is 181 Å². The smallest absolute Gasteiger partial charge is 0.271 e. The van der Waals surface area contributed by atoms with Crippen molar-refractivity contribution in [1.82, 2.24) is 10.3 Å². The van der Waals surface area contributed by atoms with Crippen molar-refractivity contribution < 1.29 is 23.8 Å². The number of nitrogens with one attached hydrogen (secondary N) is 1. The second kappa shape index (κ2) is 11.0. The Bertz CT molecular complexity index is 921. The number of methoxy groups -OCH3 is 2. The van der Waals surface area contributed by atoms with Crippen LogP contribution in [0.5, 0.6) is 17.2 Å². The second-order valence-corrected chi connectivity index (χ2v) is 7.07. The zero-order valence-electron chi connectivity index (χ0n) is 17.8. The first-order valence-electron chi connectivity index (χ1n) is 10.2. The van der Waals surface area contributed by atoms with Gasteiger partial charge in [0.15, 0.2) is 18.1 Å². The van der Waals surface area contributed by atoms with E-state index in [-0.39, 0.29) is 18.4 Å². The summed E-state index contributed by atoms with van der Waals surface area (Å²) in [5, 5.41) is 3.98. The molecule has 1 saturated heterocycles. The third-order valence-corrected chi connectivity index (χ3v) is 4.98. The predicted octanol–water partition coefficient (Wildman–Crippen LogP) is 2.86. The first kappa shape index (κ1) is 22.1. The van der Waals surface area contributed by atoms with Crippen molar-refractivity contribution in [2.45, 2.75) is 19.3 Å². The fourth-order valence-corrected chi connectivity index (χ4v) is 3.24. The van der Waals surface area contributed by atoms with Crippen LogP contribution in [0.15, 0.2) is 47.6 Å². The molecule has 1 fully saturated rings. The molecule has 0 aliphatic carbocycles. The van der Waals surface area contributed by atoms with Crippen molar-refractivity contribution >= 4 is 18.0 Å². The number of likely N-dealkylation sites (tertiary alicyclic amines) is 1. The molecule has 3 rings (SSSR count). The minimum absolute atomic E-state index is 0.0169. The van der Waals surface area contributed by atoms with E-state index < -0.39 is 0 Å². The largest absolute Gasteiger partial charge is 0.493 e. The van der Waals surface area contributed by atoms with Crippen molar-refractivity contribution in [2.24, 2.45) is 5.10 Å². The number of carbonyl (C=O) groups excluding carboxylic acids is 2. The van der Waals surface area contributed by atoms with Gasteiger partial charge in [0, 0.05) is 18.7 Å². The highest BCUT2D eigenvalue weighted by molar-refractivity contribution is 5.95. The number of rotatable bonds is 8. The lowest BCUT2D eigenvalue weighted by Crippen LogP contribution is -2.38. The molecule has 31 heavy (non-hydrogen) atoms. The van der Waals surface area contributed by atoms with E-state index in [9.17, 15) is 9.59 Å². The van der Waals surface area contributed by atoms with Crippen LogP contribution in [0.25, 0.3) is 0 Å². The number of amides is 2. The van der Waals surface area contributed by atoms with Crippen LogP contribution in [0, 0.1) is 0 Å². The minimum Gasteiger partial charge on any atom is -0.493 e. The molecule has 1 aliphatic heterocycles. The summed E-state index contributed by atoms with van der Waals surface area (Å²) in [5.41, 5.74) is 3.66. The van der Waals surface area contributed by atoms with Gasteiger partial charge in [0.25, 0.3) is 11.8 Å². The summed E-state index contributed by atoms with van der Waals surface area (Å²) < 4.78 is 16.0. The number of ether oxygens (including phenoxy) is 3. The molecular weight excluding hydrogens is 398 g/mol. The van der Waals surface area contributed by atoms with E-state index in [1.165, 1.54) is 26.9 Å². The molecule has 8 heteroatoms. The van der Waals surface area contributed by atoms with E-state index in [0.29, 0.717) is 22.8 Å². The average molecular weight is 425 g/mol. The summed E-state index contributed by atoms with van der Waals surface area (Å²) in [6, 6.07) is 12.0. The van der Waals surface area contributed by atoms with E-state index in [4.69, 9.17) is 14.2 Å². The summed E-state index contributed by atoms with van der Waals surface area (Å²) in [7, 11) is 3.04. The van der Waals surface area contributed by atoms with Crippen LogP contribution < -0.4 is 19.6 Å². The molecule has 164 valence electrons. The Morgan fingerprint density at radius 3 is 2.39 bits per heavy atom. The quantitative estimate of drug-likeness (QED) is 0.519. The van der Waals surface area contributed by atoms with Crippen LogP contribution in [0.1, 0.15) is 35.2 Å². The molecule has 2 aromatic rings. The molecule has 8 nitrogen and oxygen atoms in total. The maximum absolute atomic E-state index is 12.3. The van der Waals surface area contributed by atoms with Crippen molar-refractivity contribution in [3.63, 3.8) is 0 Å². The van der Waals surface area contributed by atoms with Crippen LogP contribution >= 0.6 is 0 Å². The Morgan fingerprint density at radius 2 is 1.71 bits per heavy atom. The fraction of sp³-hybridized carbons (Fsp3) is 0.348. The number of hydrogen-bond acceptors (Lipinski definition) is 6. The molecule has 0 radical (unpaired) electrons. The summed E-state index contributed by atoms with van der Waals surface area (Å²) >= 11 is 0. The fourth-order valence-electron chi connectivity index (χ4n) is 3.24. The van der Waals surface area contributed by atoms with Crippen LogP contribution in [-0.2, 0) is 4.79 Å². The lowest BCUT2D eigenvalue weighted by Gasteiger charge is -2.26. The molecule has 2 aromatic carbocycles. The van der Waals surface area contributed by atoms with Gasteiger partial charge in [0.2, 0.25) is 0 Å². The lowest BCUT2D eigenvalue weighted by molar-refractivity contribution is -0.134. The van der Waals surface area contributed by atoms with E-state index in [1.807, 2.05) is 4.90 Å². The van der Waals surface area contributed by atoms with Crippen LogP contribution in [0.2, 0.25) is 0 Å². The van der Waals surface area contributed by atoms with E-state index >= 15 is 0 Å². The zero-order chi connectivity index (χ0) is 22.1. The molecule has 2 amide bonds. The van der Waals surface area contributed by atoms with Gasteiger partial charge in [-0.15, -0.1) is 0 Å². The maximum atomic E-state index is 12.3. The normalized spacial score (nSPS) is 13.7. The second-order valence-electron chi connectivity index (χ2n) is 7.07. The van der Waals surface area contributed by atoms with Crippen LogP contribution in [0.3, 0.4) is 0 Å². The first-order valence-corrected chi connectivity index (χ1v) is 10.2. The maximum Gasteiger partial charge on any atom is 0.271 e. The first-order chi connectivity index (χ1) is 15.1. The summed E-state index contributed by atoms with van der Waals surface area (Å²) in [6.07, 6.45) is 4.83. The molecular formula is C23H27N3O5. The average Bonchev–Trinajstić information content (AvgIpc) is 2.83. The van der Waals surface area contributed by atoms with Crippen molar-refractivity contribution in [1.29, 1.82) is 0 Å². The van der Waals surface area contributed by atoms with Gasteiger partial charge in [-0.3, -0.25) is 9.59 Å². The number of carbonyl (C=O) groups is 2. The zero-order valence-corrected chi connectivity index (χ0v) is 17.8. The standard InChI is InChI=1S/C23H27N3O5/c1-29-20-11-8-18(14-21(20)30-2)23(28)25-24-15-17-6-9-19(10-7-17)31-16-22(27)26-12-4-3-5-13-26/h6-11,14-15H,3-5,12-13,16H2,1-2H3,(H,25,28). The molecule has 1 heterocycles. The SMILES string of the molecule is COc1ccc(C(=O)NN=Cc2ccc(OCC(=O)N3CCCCC3)cc2)cc1OC. The highest BCUT2D eigenvalue weighted by Gasteiger charge is 2.16. The Kier molecular flexibility index (Phi) is 7.86. The third-order valence-electron chi connectivity index (χ3n) is 4.98. The van der Waals surface area contributed by atoms with Crippen molar-refractivity contribution in [3.05, 3.63) is 53.6 Å². The molecule has 0 bridgehead atoms. The number of piperidine rings is 1. The third kappa shape index (κ3) is 6.21. The molecule has 0 aromatic heterocycles. The van der Waals surface area contributed by atoms with Gasteiger partial charge >= 0.3 is 0 Å². The van der Waals surface area contributed by atoms with Crippen molar-refractivity contribution in [2.75, 3.05) is 33.9 Å². The van der Waals surface area contributed by atoms with Gasteiger partial charge in [-0.2, -0.15) is 5.10 Å². The highest BCUT2D eigenvalue weighted by Crippen LogP contribution is 2.27. The molecule has 1 N–H and O–H groups in total. The molecule has 0 spiro atoms. The molecule has 1 aliphatic rings. The topological polar surface area (TPSA) is 89.5 Å². The lowest BCUT2D eigenvalue weighted by atomic mass is 10.1.